The zero-order chi connectivity index (χ0) is 35.6. The summed E-state index contributed by atoms with van der Waals surface area (Å²) < 4.78 is 14.9. The lowest BCUT2D eigenvalue weighted by Gasteiger charge is -2.26. The molecule has 8 aromatic carbocycles. The van der Waals surface area contributed by atoms with Crippen LogP contribution < -0.4 is 4.90 Å². The van der Waals surface area contributed by atoms with E-state index in [0.29, 0.717) is 5.89 Å². The van der Waals surface area contributed by atoms with Crippen LogP contribution >= 0.6 is 0 Å². The maximum absolute atomic E-state index is 6.31. The monoisotopic (exact) mass is 693 g/mol. The van der Waals surface area contributed by atoms with Crippen molar-refractivity contribution in [3.8, 4) is 28.3 Å². The third-order valence-corrected chi connectivity index (χ3v) is 10.4. The number of aromatic nitrogens is 2. The standard InChI is InChI=1S/C49H31N3O2/c1-4-12-33(13-5-1)49-50-43-31-47-42(30-48(43)54-49)41-28-34(22-27-46(41)53-47)32-20-23-37(24-21-32)51(35-14-6-2-7-15-35)38-25-26-45-40(29-38)39-18-10-11-19-44(39)52(45)36-16-8-3-9-17-36/h1-31H. The van der Waals surface area contributed by atoms with Crippen LogP contribution in [-0.4, -0.2) is 9.55 Å². The summed E-state index contributed by atoms with van der Waals surface area (Å²) in [7, 11) is 0. The molecule has 3 heterocycles. The number of oxazole rings is 1. The zero-order valence-corrected chi connectivity index (χ0v) is 29.1. The van der Waals surface area contributed by atoms with Crippen molar-refractivity contribution in [1.82, 2.24) is 9.55 Å². The van der Waals surface area contributed by atoms with Crippen LogP contribution in [0.3, 0.4) is 0 Å². The topological polar surface area (TPSA) is 47.3 Å². The number of anilines is 3. The third kappa shape index (κ3) is 4.90. The lowest BCUT2D eigenvalue weighted by atomic mass is 10.0. The van der Waals surface area contributed by atoms with Crippen molar-refractivity contribution >= 4 is 71.9 Å². The number of nitrogens with zero attached hydrogens (tertiary/aromatic N) is 3. The van der Waals surface area contributed by atoms with Crippen molar-refractivity contribution < 1.29 is 8.83 Å². The van der Waals surface area contributed by atoms with Gasteiger partial charge in [0.25, 0.3) is 0 Å². The Bertz CT molecular complexity index is 3140. The Morgan fingerprint density at radius 1 is 0.389 bits per heavy atom. The van der Waals surface area contributed by atoms with Gasteiger partial charge in [0.1, 0.15) is 16.7 Å². The molecule has 5 nitrogen and oxygen atoms in total. The van der Waals surface area contributed by atoms with Crippen molar-refractivity contribution in [3.05, 3.63) is 188 Å². The Labute approximate surface area is 310 Å². The fraction of sp³-hybridized carbons (Fsp3) is 0. The number of hydrogen-bond donors (Lipinski definition) is 0. The summed E-state index contributed by atoms with van der Waals surface area (Å²) in [5, 5.41) is 4.49. The Kier molecular flexibility index (Phi) is 6.79. The molecular weight excluding hydrogens is 663 g/mol. The van der Waals surface area contributed by atoms with E-state index in [0.717, 1.165) is 72.5 Å². The molecule has 11 aromatic rings. The molecule has 0 N–H and O–H groups in total. The summed E-state index contributed by atoms with van der Waals surface area (Å²) in [6.07, 6.45) is 0. The van der Waals surface area contributed by atoms with Gasteiger partial charge in [-0.3, -0.25) is 0 Å². The van der Waals surface area contributed by atoms with Gasteiger partial charge in [-0.15, -0.1) is 0 Å². The number of furan rings is 1. The van der Waals surface area contributed by atoms with Crippen LogP contribution in [0.2, 0.25) is 0 Å². The molecule has 0 spiro atoms. The molecule has 254 valence electrons. The molecule has 0 aliphatic heterocycles. The van der Waals surface area contributed by atoms with Crippen molar-refractivity contribution in [2.45, 2.75) is 0 Å². The molecule has 0 bridgehead atoms. The number of fused-ring (bicyclic) bond motifs is 7. The fourth-order valence-electron chi connectivity index (χ4n) is 7.86. The Morgan fingerprint density at radius 2 is 1.04 bits per heavy atom. The van der Waals surface area contributed by atoms with Crippen molar-refractivity contribution in [2.24, 2.45) is 0 Å². The van der Waals surface area contributed by atoms with E-state index < -0.39 is 0 Å². The molecule has 3 aromatic heterocycles. The molecule has 0 fully saturated rings. The van der Waals surface area contributed by atoms with E-state index in [1.165, 1.54) is 21.8 Å². The van der Waals surface area contributed by atoms with Gasteiger partial charge in [0, 0.05) is 55.9 Å². The highest BCUT2D eigenvalue weighted by Gasteiger charge is 2.18. The highest BCUT2D eigenvalue weighted by Crippen LogP contribution is 2.41. The molecule has 11 rings (SSSR count). The van der Waals surface area contributed by atoms with E-state index in [-0.39, 0.29) is 0 Å². The summed E-state index contributed by atoms with van der Waals surface area (Å²) >= 11 is 0. The average Bonchev–Trinajstić information content (AvgIpc) is 3.92. The summed E-state index contributed by atoms with van der Waals surface area (Å²) in [5.74, 6) is 0.603. The van der Waals surface area contributed by atoms with Crippen LogP contribution in [0.25, 0.3) is 83.1 Å². The van der Waals surface area contributed by atoms with Gasteiger partial charge >= 0.3 is 0 Å². The van der Waals surface area contributed by atoms with E-state index in [1.54, 1.807) is 0 Å². The summed E-state index contributed by atoms with van der Waals surface area (Å²) in [5.41, 5.74) is 13.1. The molecule has 0 unspecified atom stereocenters. The second-order valence-electron chi connectivity index (χ2n) is 13.6. The Morgan fingerprint density at radius 3 is 1.85 bits per heavy atom. The first-order chi connectivity index (χ1) is 26.7. The van der Waals surface area contributed by atoms with Crippen molar-refractivity contribution in [2.75, 3.05) is 4.90 Å². The quantitative estimate of drug-likeness (QED) is 0.174. The lowest BCUT2D eigenvalue weighted by molar-refractivity contribution is 0.620. The minimum absolute atomic E-state index is 0.603. The van der Waals surface area contributed by atoms with Crippen LogP contribution in [-0.2, 0) is 0 Å². The smallest absolute Gasteiger partial charge is 0.227 e. The van der Waals surface area contributed by atoms with Crippen LogP contribution in [0.1, 0.15) is 0 Å². The molecule has 0 aliphatic carbocycles. The first kappa shape index (κ1) is 30.3. The van der Waals surface area contributed by atoms with E-state index in [4.69, 9.17) is 13.8 Å². The van der Waals surface area contributed by atoms with E-state index in [2.05, 4.69) is 161 Å². The number of hydrogen-bond acceptors (Lipinski definition) is 4. The van der Waals surface area contributed by atoms with Crippen molar-refractivity contribution in [3.63, 3.8) is 0 Å². The second-order valence-corrected chi connectivity index (χ2v) is 13.6. The first-order valence-electron chi connectivity index (χ1n) is 18.1. The molecule has 0 amide bonds. The summed E-state index contributed by atoms with van der Waals surface area (Å²) in [6, 6.07) is 65.9. The zero-order valence-electron chi connectivity index (χ0n) is 29.1. The van der Waals surface area contributed by atoms with Crippen molar-refractivity contribution in [1.29, 1.82) is 0 Å². The minimum Gasteiger partial charge on any atom is -0.456 e. The fourth-order valence-corrected chi connectivity index (χ4v) is 7.86. The maximum Gasteiger partial charge on any atom is 0.227 e. The number of rotatable bonds is 6. The summed E-state index contributed by atoms with van der Waals surface area (Å²) in [4.78, 5) is 7.07. The first-order valence-corrected chi connectivity index (χ1v) is 18.1. The SMILES string of the molecule is c1ccc(-c2nc3cc4oc5ccc(-c6ccc(N(c7ccccc7)c7ccc8c(c7)c7ccccc7n8-c7ccccc7)cc6)cc5c4cc3o2)cc1. The van der Waals surface area contributed by atoms with Gasteiger partial charge in [0.05, 0.1) is 11.0 Å². The molecule has 0 saturated carbocycles. The van der Waals surface area contributed by atoms with Gasteiger partial charge in [-0.25, -0.2) is 4.98 Å². The molecular formula is C49H31N3O2. The van der Waals surface area contributed by atoms with Gasteiger partial charge in [-0.05, 0) is 102 Å². The molecule has 5 heteroatoms. The second kappa shape index (κ2) is 12.1. The van der Waals surface area contributed by atoms with Gasteiger partial charge < -0.3 is 18.3 Å². The predicted molar refractivity (Wildman–Crippen MR) is 221 cm³/mol. The van der Waals surface area contributed by atoms with Crippen LogP contribution in [0.5, 0.6) is 0 Å². The van der Waals surface area contributed by atoms with Crippen LogP contribution in [0.4, 0.5) is 17.1 Å². The van der Waals surface area contributed by atoms with Gasteiger partial charge in [-0.1, -0.05) is 91.0 Å². The van der Waals surface area contributed by atoms with Gasteiger partial charge in [0.2, 0.25) is 5.89 Å². The summed E-state index contributed by atoms with van der Waals surface area (Å²) in [6.45, 7) is 0. The van der Waals surface area contributed by atoms with Crippen LogP contribution in [0.15, 0.2) is 197 Å². The number of benzene rings is 8. The largest absolute Gasteiger partial charge is 0.456 e. The maximum atomic E-state index is 6.31. The lowest BCUT2D eigenvalue weighted by Crippen LogP contribution is -2.09. The third-order valence-electron chi connectivity index (χ3n) is 10.4. The van der Waals surface area contributed by atoms with E-state index in [1.807, 2.05) is 36.4 Å². The highest BCUT2D eigenvalue weighted by molar-refractivity contribution is 6.11. The van der Waals surface area contributed by atoms with Crippen LogP contribution in [0, 0.1) is 0 Å². The van der Waals surface area contributed by atoms with E-state index >= 15 is 0 Å². The van der Waals surface area contributed by atoms with Gasteiger partial charge in [-0.2, -0.15) is 0 Å². The predicted octanol–water partition coefficient (Wildman–Crippen LogP) is 13.6. The highest BCUT2D eigenvalue weighted by atomic mass is 16.4. The molecule has 0 saturated heterocycles. The molecule has 0 atom stereocenters. The van der Waals surface area contributed by atoms with E-state index in [9.17, 15) is 0 Å². The molecule has 0 aliphatic rings. The normalized spacial score (nSPS) is 11.7. The number of para-hydroxylation sites is 3. The molecule has 0 radical (unpaired) electrons. The Hall–Kier alpha value is -7.37. The average molecular weight is 694 g/mol. The molecule has 54 heavy (non-hydrogen) atoms. The minimum atomic E-state index is 0.603. The Balaban J connectivity index is 0.989. The van der Waals surface area contributed by atoms with Gasteiger partial charge in [0.15, 0.2) is 5.58 Å².